The molecule has 2 aromatic carbocycles. The molecule has 0 heterocycles. The SMILES string of the molecule is O=C(CCN(Cc1ccc([N+](=O)[O-])cc1)S(=O)(=O)c1ccc([N+](=O)[O-])cc1)NO. The molecule has 154 valence electrons. The summed E-state index contributed by atoms with van der Waals surface area (Å²) in [7, 11) is -4.16. The predicted octanol–water partition coefficient (Wildman–Crippen LogP) is 1.59. The van der Waals surface area contributed by atoms with Crippen LogP contribution in [0.3, 0.4) is 0 Å². The molecule has 0 bridgehead atoms. The van der Waals surface area contributed by atoms with E-state index in [0.29, 0.717) is 5.56 Å². The number of rotatable bonds is 9. The van der Waals surface area contributed by atoms with Gasteiger partial charge in [0.2, 0.25) is 15.9 Å². The molecule has 1 amide bonds. The predicted molar refractivity (Wildman–Crippen MR) is 98.3 cm³/mol. The molecule has 0 aliphatic rings. The number of carbonyl (C=O) groups excluding carboxylic acids is 1. The summed E-state index contributed by atoms with van der Waals surface area (Å²) in [5.41, 5.74) is 1.37. The number of nitrogens with one attached hydrogen (secondary N) is 1. The first-order valence-electron chi connectivity index (χ1n) is 8.06. The van der Waals surface area contributed by atoms with Gasteiger partial charge >= 0.3 is 0 Å². The van der Waals surface area contributed by atoms with Crippen LogP contribution in [0.15, 0.2) is 53.4 Å². The van der Waals surface area contributed by atoms with E-state index in [1.54, 1.807) is 0 Å². The third kappa shape index (κ3) is 5.54. The third-order valence-corrected chi connectivity index (χ3v) is 5.76. The lowest BCUT2D eigenvalue weighted by molar-refractivity contribution is -0.385. The van der Waals surface area contributed by atoms with Crippen LogP contribution in [0.25, 0.3) is 0 Å². The minimum atomic E-state index is -4.16. The van der Waals surface area contributed by atoms with Gasteiger partial charge in [-0.05, 0) is 17.7 Å². The molecule has 2 N–H and O–H groups in total. The van der Waals surface area contributed by atoms with Crippen molar-refractivity contribution in [1.29, 1.82) is 0 Å². The van der Waals surface area contributed by atoms with E-state index in [2.05, 4.69) is 0 Å². The fourth-order valence-electron chi connectivity index (χ4n) is 2.38. The Morgan fingerprint density at radius 2 is 1.45 bits per heavy atom. The molecule has 0 radical (unpaired) electrons. The number of carbonyl (C=O) groups is 1. The van der Waals surface area contributed by atoms with Crippen LogP contribution in [0.5, 0.6) is 0 Å². The molecule has 2 rings (SSSR count). The van der Waals surface area contributed by atoms with Crippen molar-refractivity contribution in [3.8, 4) is 0 Å². The molecule has 0 unspecified atom stereocenters. The van der Waals surface area contributed by atoms with Crippen LogP contribution in [0.2, 0.25) is 0 Å². The van der Waals surface area contributed by atoms with Crippen LogP contribution in [0.4, 0.5) is 11.4 Å². The van der Waals surface area contributed by atoms with Crippen molar-refractivity contribution in [2.75, 3.05) is 6.54 Å². The highest BCUT2D eigenvalue weighted by atomic mass is 32.2. The quantitative estimate of drug-likeness (QED) is 0.347. The smallest absolute Gasteiger partial charge is 0.269 e. The molecule has 12 nitrogen and oxygen atoms in total. The fraction of sp³-hybridized carbons (Fsp3) is 0.188. The summed E-state index contributed by atoms with van der Waals surface area (Å²) in [5, 5.41) is 30.1. The molecule has 0 spiro atoms. The summed E-state index contributed by atoms with van der Waals surface area (Å²) >= 11 is 0. The second kappa shape index (κ2) is 9.18. The highest BCUT2D eigenvalue weighted by Crippen LogP contribution is 2.22. The van der Waals surface area contributed by atoms with Gasteiger partial charge in [0.25, 0.3) is 11.4 Å². The summed E-state index contributed by atoms with van der Waals surface area (Å²) in [6.45, 7) is -0.515. The Labute approximate surface area is 164 Å². The van der Waals surface area contributed by atoms with Gasteiger partial charge in [0.1, 0.15) is 0 Å². The number of hydrogen-bond acceptors (Lipinski definition) is 8. The highest BCUT2D eigenvalue weighted by Gasteiger charge is 2.26. The number of non-ortho nitro benzene ring substituents is 2. The molecular weight excluding hydrogens is 408 g/mol. The third-order valence-electron chi connectivity index (χ3n) is 3.90. The Kier molecular flexibility index (Phi) is 6.93. The van der Waals surface area contributed by atoms with Gasteiger partial charge in [-0.2, -0.15) is 4.31 Å². The van der Waals surface area contributed by atoms with Gasteiger partial charge < -0.3 is 0 Å². The van der Waals surface area contributed by atoms with Crippen LogP contribution >= 0.6 is 0 Å². The average Bonchev–Trinajstić information content (AvgIpc) is 2.70. The van der Waals surface area contributed by atoms with Crippen molar-refractivity contribution in [3.63, 3.8) is 0 Å². The lowest BCUT2D eigenvalue weighted by Crippen LogP contribution is -2.34. The van der Waals surface area contributed by atoms with Gasteiger partial charge in [0, 0.05) is 43.8 Å². The Hall–Kier alpha value is -3.42. The van der Waals surface area contributed by atoms with Gasteiger partial charge in [0.15, 0.2) is 0 Å². The van der Waals surface area contributed by atoms with E-state index in [-0.39, 0.29) is 35.8 Å². The molecule has 0 fully saturated rings. The van der Waals surface area contributed by atoms with Gasteiger partial charge in [-0.1, -0.05) is 12.1 Å². The maximum Gasteiger partial charge on any atom is 0.269 e. The molecular formula is C16H16N4O8S. The van der Waals surface area contributed by atoms with Crippen LogP contribution in [-0.2, 0) is 21.4 Å². The van der Waals surface area contributed by atoms with Crippen molar-refractivity contribution in [2.24, 2.45) is 0 Å². The normalized spacial score (nSPS) is 11.2. The van der Waals surface area contributed by atoms with Gasteiger partial charge in [-0.15, -0.1) is 0 Å². The summed E-state index contributed by atoms with van der Waals surface area (Å²) in [6.07, 6.45) is -0.351. The summed E-state index contributed by atoms with van der Waals surface area (Å²) in [5.74, 6) is -0.808. The second-order valence-electron chi connectivity index (χ2n) is 5.80. The number of nitro benzene ring substituents is 2. The highest BCUT2D eigenvalue weighted by molar-refractivity contribution is 7.89. The van der Waals surface area contributed by atoms with E-state index in [1.807, 2.05) is 0 Å². The monoisotopic (exact) mass is 424 g/mol. The van der Waals surface area contributed by atoms with E-state index in [4.69, 9.17) is 5.21 Å². The average molecular weight is 424 g/mol. The zero-order chi connectivity index (χ0) is 21.6. The lowest BCUT2D eigenvalue weighted by atomic mass is 10.2. The van der Waals surface area contributed by atoms with Crippen molar-refractivity contribution in [3.05, 3.63) is 74.3 Å². The number of amides is 1. The van der Waals surface area contributed by atoms with E-state index in [9.17, 15) is 33.4 Å². The maximum atomic E-state index is 12.9. The standard InChI is InChI=1S/C16H16N4O8S/c21-16(17-22)9-10-18(11-12-1-3-13(4-2-12)19(23)24)29(27,28)15-7-5-14(6-8-15)20(25)26/h1-8,22H,9-11H2,(H,17,21). The molecule has 0 aliphatic carbocycles. The Balaban J connectivity index is 2.33. The fourth-order valence-corrected chi connectivity index (χ4v) is 3.81. The van der Waals surface area contributed by atoms with E-state index >= 15 is 0 Å². The number of nitro groups is 2. The van der Waals surface area contributed by atoms with Gasteiger partial charge in [0.05, 0.1) is 14.7 Å². The first kappa shape index (κ1) is 21.9. The molecule has 13 heteroatoms. The van der Waals surface area contributed by atoms with Gasteiger partial charge in [-0.25, -0.2) is 13.9 Å². The van der Waals surface area contributed by atoms with Crippen molar-refractivity contribution in [2.45, 2.75) is 17.9 Å². The van der Waals surface area contributed by atoms with E-state index < -0.39 is 25.8 Å². The van der Waals surface area contributed by atoms with Crippen LogP contribution in [0.1, 0.15) is 12.0 Å². The minimum absolute atomic E-state index is 0.168. The summed E-state index contributed by atoms with van der Waals surface area (Å²) in [4.78, 5) is 31.3. The number of nitrogens with zero attached hydrogens (tertiary/aromatic N) is 3. The number of benzene rings is 2. The van der Waals surface area contributed by atoms with Crippen molar-refractivity contribution in [1.82, 2.24) is 9.79 Å². The Morgan fingerprint density at radius 3 is 1.90 bits per heavy atom. The first-order valence-corrected chi connectivity index (χ1v) is 9.50. The molecule has 29 heavy (non-hydrogen) atoms. The van der Waals surface area contributed by atoms with Crippen LogP contribution in [-0.4, -0.2) is 40.2 Å². The zero-order valence-corrected chi connectivity index (χ0v) is 15.6. The number of hydrogen-bond donors (Lipinski definition) is 2. The molecule has 0 atom stereocenters. The minimum Gasteiger partial charge on any atom is -0.289 e. The van der Waals surface area contributed by atoms with Crippen molar-refractivity contribution >= 4 is 27.3 Å². The Morgan fingerprint density at radius 1 is 0.966 bits per heavy atom. The first-order chi connectivity index (χ1) is 13.6. The summed E-state index contributed by atoms with van der Waals surface area (Å²) < 4.78 is 26.8. The molecule has 0 saturated carbocycles. The van der Waals surface area contributed by atoms with Crippen LogP contribution < -0.4 is 5.48 Å². The van der Waals surface area contributed by atoms with E-state index in [1.165, 1.54) is 29.7 Å². The Bertz CT molecular complexity index is 1010. The molecule has 2 aromatic rings. The maximum absolute atomic E-state index is 12.9. The topological polar surface area (TPSA) is 173 Å². The van der Waals surface area contributed by atoms with E-state index in [0.717, 1.165) is 28.6 Å². The molecule has 0 aromatic heterocycles. The molecule has 0 aliphatic heterocycles. The van der Waals surface area contributed by atoms with Crippen LogP contribution in [0, 0.1) is 20.2 Å². The van der Waals surface area contributed by atoms with Crippen molar-refractivity contribution < 1.29 is 28.3 Å². The zero-order valence-electron chi connectivity index (χ0n) is 14.8. The number of sulfonamides is 1. The van der Waals surface area contributed by atoms with Gasteiger partial charge in [-0.3, -0.25) is 30.2 Å². The molecule has 0 saturated heterocycles. The lowest BCUT2D eigenvalue weighted by Gasteiger charge is -2.22. The summed E-state index contributed by atoms with van der Waals surface area (Å²) in [6, 6.07) is 9.41. The largest absolute Gasteiger partial charge is 0.289 e. The second-order valence-corrected chi connectivity index (χ2v) is 7.74. The number of hydroxylamine groups is 1.